The van der Waals surface area contributed by atoms with Crippen LogP contribution in [0.5, 0.6) is 5.75 Å². The quantitative estimate of drug-likeness (QED) is 0.736. The molecule has 0 radical (unpaired) electrons. The number of amides is 1. The molecule has 118 valence electrons. The first-order valence-electron chi connectivity index (χ1n) is 7.75. The van der Waals surface area contributed by atoms with Crippen molar-refractivity contribution in [3.05, 3.63) is 29.8 Å². The molecule has 4 heteroatoms. The molecule has 4 nitrogen and oxygen atoms in total. The summed E-state index contributed by atoms with van der Waals surface area (Å²) in [7, 11) is 0. The van der Waals surface area contributed by atoms with E-state index in [0.29, 0.717) is 19.0 Å². The standard InChI is InChI=1S/C17H28N2O2/c1-5-18-17(20)14(4)19-12-15-6-8-16(9-7-15)21-11-10-13(2)3/h6-9,13-14,19H,5,10-12H2,1-4H3,(H,18,20). The van der Waals surface area contributed by atoms with Crippen LogP contribution in [0.25, 0.3) is 0 Å². The Morgan fingerprint density at radius 2 is 1.86 bits per heavy atom. The molecule has 0 fully saturated rings. The molecule has 1 amide bonds. The van der Waals surface area contributed by atoms with Crippen molar-refractivity contribution >= 4 is 5.91 Å². The lowest BCUT2D eigenvalue weighted by atomic mass is 10.1. The number of hydrogen-bond acceptors (Lipinski definition) is 3. The van der Waals surface area contributed by atoms with Gasteiger partial charge in [-0.2, -0.15) is 0 Å². The number of carbonyl (C=O) groups excluding carboxylic acids is 1. The highest BCUT2D eigenvalue weighted by atomic mass is 16.5. The number of nitrogens with one attached hydrogen (secondary N) is 2. The Bertz CT molecular complexity index is 415. The first-order valence-corrected chi connectivity index (χ1v) is 7.75. The van der Waals surface area contributed by atoms with E-state index in [0.717, 1.165) is 24.3 Å². The van der Waals surface area contributed by atoms with Gasteiger partial charge in [0.15, 0.2) is 0 Å². The second kappa shape index (κ2) is 9.40. The molecule has 1 aromatic rings. The van der Waals surface area contributed by atoms with Gasteiger partial charge in [-0.1, -0.05) is 26.0 Å². The van der Waals surface area contributed by atoms with Gasteiger partial charge in [-0.15, -0.1) is 0 Å². The zero-order chi connectivity index (χ0) is 15.7. The summed E-state index contributed by atoms with van der Waals surface area (Å²) < 4.78 is 5.68. The van der Waals surface area contributed by atoms with Gasteiger partial charge in [0.05, 0.1) is 12.6 Å². The third-order valence-electron chi connectivity index (χ3n) is 3.24. The van der Waals surface area contributed by atoms with E-state index in [1.807, 2.05) is 38.1 Å². The maximum atomic E-state index is 11.6. The highest BCUT2D eigenvalue weighted by molar-refractivity contribution is 5.81. The van der Waals surface area contributed by atoms with Crippen molar-refractivity contribution in [3.63, 3.8) is 0 Å². The fraction of sp³-hybridized carbons (Fsp3) is 0.588. The monoisotopic (exact) mass is 292 g/mol. The van der Waals surface area contributed by atoms with E-state index in [4.69, 9.17) is 4.74 Å². The van der Waals surface area contributed by atoms with Crippen LogP contribution in [0.15, 0.2) is 24.3 Å². The molecule has 0 aliphatic rings. The highest BCUT2D eigenvalue weighted by Crippen LogP contribution is 2.13. The van der Waals surface area contributed by atoms with Gasteiger partial charge in [0.25, 0.3) is 0 Å². The van der Waals surface area contributed by atoms with Crippen LogP contribution in [0.2, 0.25) is 0 Å². The van der Waals surface area contributed by atoms with Crippen LogP contribution >= 0.6 is 0 Å². The first kappa shape index (κ1) is 17.5. The Morgan fingerprint density at radius 3 is 2.43 bits per heavy atom. The minimum Gasteiger partial charge on any atom is -0.494 e. The van der Waals surface area contributed by atoms with Crippen molar-refractivity contribution in [1.82, 2.24) is 10.6 Å². The third-order valence-corrected chi connectivity index (χ3v) is 3.24. The molecule has 1 rings (SSSR count). The van der Waals surface area contributed by atoms with Crippen LogP contribution in [0.4, 0.5) is 0 Å². The summed E-state index contributed by atoms with van der Waals surface area (Å²) in [4.78, 5) is 11.6. The zero-order valence-electron chi connectivity index (χ0n) is 13.6. The molecular weight excluding hydrogens is 264 g/mol. The summed E-state index contributed by atoms with van der Waals surface area (Å²) in [5, 5.41) is 6.01. The maximum absolute atomic E-state index is 11.6. The number of benzene rings is 1. The van der Waals surface area contributed by atoms with Crippen LogP contribution in [0.3, 0.4) is 0 Å². The number of rotatable bonds is 9. The molecule has 2 N–H and O–H groups in total. The molecule has 0 spiro atoms. The van der Waals surface area contributed by atoms with E-state index in [1.165, 1.54) is 0 Å². The summed E-state index contributed by atoms with van der Waals surface area (Å²) in [6, 6.07) is 7.83. The van der Waals surface area contributed by atoms with Gasteiger partial charge >= 0.3 is 0 Å². The van der Waals surface area contributed by atoms with E-state index in [-0.39, 0.29) is 11.9 Å². The summed E-state index contributed by atoms with van der Waals surface area (Å²) in [6.45, 7) is 10.3. The Labute approximate surface area is 128 Å². The average Bonchev–Trinajstić information content (AvgIpc) is 2.46. The normalized spacial score (nSPS) is 12.2. The SMILES string of the molecule is CCNC(=O)C(C)NCc1ccc(OCCC(C)C)cc1. The van der Waals surface area contributed by atoms with Gasteiger partial charge in [0, 0.05) is 13.1 Å². The topological polar surface area (TPSA) is 50.4 Å². The van der Waals surface area contributed by atoms with Crippen LogP contribution in [-0.4, -0.2) is 25.1 Å². The molecule has 1 unspecified atom stereocenters. The van der Waals surface area contributed by atoms with Crippen molar-refractivity contribution in [1.29, 1.82) is 0 Å². The molecule has 1 aromatic carbocycles. The predicted octanol–water partition coefficient (Wildman–Crippen LogP) is 2.73. The van der Waals surface area contributed by atoms with Gasteiger partial charge in [-0.25, -0.2) is 0 Å². The molecule has 0 aliphatic carbocycles. The Hall–Kier alpha value is -1.55. The average molecular weight is 292 g/mol. The predicted molar refractivity (Wildman–Crippen MR) is 86.4 cm³/mol. The number of likely N-dealkylation sites (N-methyl/N-ethyl adjacent to an activating group) is 1. The highest BCUT2D eigenvalue weighted by Gasteiger charge is 2.10. The molecular formula is C17H28N2O2. The molecule has 0 aliphatic heterocycles. The second-order valence-corrected chi connectivity index (χ2v) is 5.67. The lowest BCUT2D eigenvalue weighted by Crippen LogP contribution is -2.41. The summed E-state index contributed by atoms with van der Waals surface area (Å²) in [6.07, 6.45) is 1.06. The van der Waals surface area contributed by atoms with Crippen molar-refractivity contribution in [3.8, 4) is 5.75 Å². The third kappa shape index (κ3) is 7.14. The van der Waals surface area contributed by atoms with Crippen molar-refractivity contribution in [2.24, 2.45) is 5.92 Å². The van der Waals surface area contributed by atoms with Gasteiger partial charge in [-0.05, 0) is 43.9 Å². The van der Waals surface area contributed by atoms with E-state index in [9.17, 15) is 4.79 Å². The summed E-state index contributed by atoms with van der Waals surface area (Å²) >= 11 is 0. The van der Waals surface area contributed by atoms with Crippen LogP contribution in [0.1, 0.15) is 39.7 Å². The number of ether oxygens (including phenoxy) is 1. The van der Waals surface area contributed by atoms with E-state index >= 15 is 0 Å². The first-order chi connectivity index (χ1) is 10.0. The molecule has 0 bridgehead atoms. The fourth-order valence-corrected chi connectivity index (χ4v) is 1.81. The van der Waals surface area contributed by atoms with Gasteiger partial charge < -0.3 is 15.4 Å². The Kier molecular flexibility index (Phi) is 7.83. The number of hydrogen-bond donors (Lipinski definition) is 2. The van der Waals surface area contributed by atoms with Crippen LogP contribution < -0.4 is 15.4 Å². The van der Waals surface area contributed by atoms with E-state index in [2.05, 4.69) is 24.5 Å². The minimum atomic E-state index is -0.188. The zero-order valence-corrected chi connectivity index (χ0v) is 13.6. The van der Waals surface area contributed by atoms with E-state index in [1.54, 1.807) is 0 Å². The second-order valence-electron chi connectivity index (χ2n) is 5.67. The van der Waals surface area contributed by atoms with Crippen LogP contribution in [-0.2, 0) is 11.3 Å². The van der Waals surface area contributed by atoms with Gasteiger partial charge in [-0.3, -0.25) is 4.79 Å². The molecule has 0 saturated heterocycles. The van der Waals surface area contributed by atoms with Crippen LogP contribution in [0, 0.1) is 5.92 Å². The van der Waals surface area contributed by atoms with Crippen molar-refractivity contribution in [2.75, 3.05) is 13.2 Å². The lowest BCUT2D eigenvalue weighted by Gasteiger charge is -2.13. The van der Waals surface area contributed by atoms with Crippen molar-refractivity contribution < 1.29 is 9.53 Å². The maximum Gasteiger partial charge on any atom is 0.236 e. The number of carbonyl (C=O) groups is 1. The smallest absolute Gasteiger partial charge is 0.236 e. The minimum absolute atomic E-state index is 0.0335. The fourth-order valence-electron chi connectivity index (χ4n) is 1.81. The molecule has 0 aromatic heterocycles. The largest absolute Gasteiger partial charge is 0.494 e. The molecule has 1 atom stereocenters. The van der Waals surface area contributed by atoms with Gasteiger partial charge in [0.2, 0.25) is 5.91 Å². The molecule has 21 heavy (non-hydrogen) atoms. The Balaban J connectivity index is 2.35. The Morgan fingerprint density at radius 1 is 1.19 bits per heavy atom. The summed E-state index contributed by atoms with van der Waals surface area (Å²) in [5.41, 5.74) is 1.14. The van der Waals surface area contributed by atoms with Crippen molar-refractivity contribution in [2.45, 2.75) is 46.7 Å². The lowest BCUT2D eigenvalue weighted by molar-refractivity contribution is -0.122. The van der Waals surface area contributed by atoms with E-state index < -0.39 is 0 Å². The molecule has 0 saturated carbocycles. The molecule has 0 heterocycles. The van der Waals surface area contributed by atoms with Gasteiger partial charge in [0.1, 0.15) is 5.75 Å². The summed E-state index contributed by atoms with van der Waals surface area (Å²) in [5.74, 6) is 1.59.